The maximum absolute atomic E-state index is 6.01. The number of hydrogen-bond donors (Lipinski definition) is 1. The van der Waals surface area contributed by atoms with Crippen molar-refractivity contribution in [2.45, 2.75) is 39.8 Å². The molecule has 1 heterocycles. The highest BCUT2D eigenvalue weighted by molar-refractivity contribution is 6.30. The Hall–Kier alpha value is -1.32. The maximum atomic E-state index is 6.01. The van der Waals surface area contributed by atoms with Crippen LogP contribution in [0.1, 0.15) is 29.4 Å². The topological polar surface area (TPSA) is 43.8 Å². The molecule has 2 aromatic rings. The Balaban J connectivity index is 2.26. The second-order valence-electron chi connectivity index (χ2n) is 5.12. The smallest absolute Gasteiger partial charge is 0.0663 e. The fourth-order valence-electron chi connectivity index (χ4n) is 2.31. The predicted octanol–water partition coefficient (Wildman–Crippen LogP) is 3.09. The molecule has 1 atom stereocenters. The van der Waals surface area contributed by atoms with Crippen LogP contribution in [0.15, 0.2) is 24.3 Å². The minimum absolute atomic E-state index is 0.154. The molecule has 1 unspecified atom stereocenters. The van der Waals surface area contributed by atoms with Crippen molar-refractivity contribution >= 4 is 11.6 Å². The fraction of sp³-hybridized carbons (Fsp3) is 0.400. The quantitative estimate of drug-likeness (QED) is 0.933. The second-order valence-corrected chi connectivity index (χ2v) is 5.55. The molecule has 0 radical (unpaired) electrons. The van der Waals surface area contributed by atoms with Gasteiger partial charge in [0.1, 0.15) is 0 Å². The van der Waals surface area contributed by atoms with Crippen molar-refractivity contribution in [1.29, 1.82) is 0 Å². The zero-order valence-electron chi connectivity index (χ0n) is 11.7. The molecule has 19 heavy (non-hydrogen) atoms. The lowest BCUT2D eigenvalue weighted by Crippen LogP contribution is -2.18. The van der Waals surface area contributed by atoms with E-state index < -0.39 is 0 Å². The minimum atomic E-state index is 0.154. The average Bonchev–Trinajstić information content (AvgIpc) is 2.57. The highest BCUT2D eigenvalue weighted by Crippen LogP contribution is 2.17. The first-order valence-electron chi connectivity index (χ1n) is 6.50. The number of aromatic nitrogens is 2. The van der Waals surface area contributed by atoms with Gasteiger partial charge in [0.15, 0.2) is 0 Å². The Morgan fingerprint density at radius 1 is 1.37 bits per heavy atom. The predicted molar refractivity (Wildman–Crippen MR) is 79.6 cm³/mol. The largest absolute Gasteiger partial charge is 0.328 e. The summed E-state index contributed by atoms with van der Waals surface area (Å²) in [6.07, 6.45) is 0.868. The zero-order valence-corrected chi connectivity index (χ0v) is 12.4. The van der Waals surface area contributed by atoms with Gasteiger partial charge in [0.05, 0.1) is 12.2 Å². The molecule has 4 heteroatoms. The van der Waals surface area contributed by atoms with Crippen molar-refractivity contribution < 1.29 is 0 Å². The molecule has 2 rings (SSSR count). The molecular formula is C15H20ClN3. The Labute approximate surface area is 119 Å². The standard InChI is InChI=1S/C15H20ClN3/c1-10(17)7-15-11(2)18-19(12(15)3)9-13-5-4-6-14(16)8-13/h4-6,8,10H,7,9,17H2,1-3H3. The Kier molecular flexibility index (Phi) is 4.27. The van der Waals surface area contributed by atoms with Gasteiger partial charge in [-0.05, 0) is 50.5 Å². The van der Waals surface area contributed by atoms with Crippen LogP contribution in [0.4, 0.5) is 0 Å². The third kappa shape index (κ3) is 3.37. The van der Waals surface area contributed by atoms with Gasteiger partial charge in [0.25, 0.3) is 0 Å². The van der Waals surface area contributed by atoms with Crippen molar-refractivity contribution in [2.75, 3.05) is 0 Å². The van der Waals surface area contributed by atoms with Crippen LogP contribution in [0.5, 0.6) is 0 Å². The molecular weight excluding hydrogens is 258 g/mol. The summed E-state index contributed by atoms with van der Waals surface area (Å²) in [4.78, 5) is 0. The lowest BCUT2D eigenvalue weighted by molar-refractivity contribution is 0.656. The first-order chi connectivity index (χ1) is 8.97. The summed E-state index contributed by atoms with van der Waals surface area (Å²) in [6, 6.07) is 8.04. The van der Waals surface area contributed by atoms with Crippen molar-refractivity contribution in [3.8, 4) is 0 Å². The summed E-state index contributed by atoms with van der Waals surface area (Å²) < 4.78 is 2.03. The molecule has 0 aliphatic carbocycles. The van der Waals surface area contributed by atoms with E-state index in [9.17, 15) is 0 Å². The number of rotatable bonds is 4. The van der Waals surface area contributed by atoms with E-state index in [2.05, 4.69) is 18.1 Å². The van der Waals surface area contributed by atoms with Crippen molar-refractivity contribution in [3.63, 3.8) is 0 Å². The number of hydrogen-bond acceptors (Lipinski definition) is 2. The maximum Gasteiger partial charge on any atom is 0.0663 e. The highest BCUT2D eigenvalue weighted by Gasteiger charge is 2.13. The Bertz CT molecular complexity index is 573. The molecule has 0 saturated carbocycles. The molecule has 0 aliphatic rings. The van der Waals surface area contributed by atoms with E-state index >= 15 is 0 Å². The third-order valence-electron chi connectivity index (χ3n) is 3.28. The normalized spacial score (nSPS) is 12.7. The summed E-state index contributed by atoms with van der Waals surface area (Å²) in [7, 11) is 0. The van der Waals surface area contributed by atoms with Crippen LogP contribution >= 0.6 is 11.6 Å². The summed E-state index contributed by atoms with van der Waals surface area (Å²) in [5.74, 6) is 0. The van der Waals surface area contributed by atoms with Gasteiger partial charge in [-0.25, -0.2) is 0 Å². The number of nitrogens with zero attached hydrogens (tertiary/aromatic N) is 2. The number of halogens is 1. The van der Waals surface area contributed by atoms with E-state index in [1.807, 2.05) is 36.7 Å². The molecule has 0 spiro atoms. The molecule has 102 valence electrons. The SMILES string of the molecule is Cc1nn(Cc2cccc(Cl)c2)c(C)c1CC(C)N. The van der Waals surface area contributed by atoms with Gasteiger partial charge in [0, 0.05) is 16.8 Å². The average molecular weight is 278 g/mol. The fourth-order valence-corrected chi connectivity index (χ4v) is 2.53. The van der Waals surface area contributed by atoms with E-state index in [1.165, 1.54) is 11.3 Å². The summed E-state index contributed by atoms with van der Waals surface area (Å²) in [6.45, 7) is 6.90. The van der Waals surface area contributed by atoms with Crippen LogP contribution in [-0.2, 0) is 13.0 Å². The van der Waals surface area contributed by atoms with Gasteiger partial charge < -0.3 is 5.73 Å². The molecule has 0 saturated heterocycles. The van der Waals surface area contributed by atoms with Crippen molar-refractivity contribution in [2.24, 2.45) is 5.73 Å². The Morgan fingerprint density at radius 3 is 2.74 bits per heavy atom. The lowest BCUT2D eigenvalue weighted by atomic mass is 10.1. The van der Waals surface area contributed by atoms with Gasteiger partial charge in [-0.1, -0.05) is 23.7 Å². The van der Waals surface area contributed by atoms with E-state index in [0.29, 0.717) is 0 Å². The molecule has 3 nitrogen and oxygen atoms in total. The number of aryl methyl sites for hydroxylation is 1. The molecule has 0 fully saturated rings. The third-order valence-corrected chi connectivity index (χ3v) is 3.51. The molecule has 1 aromatic carbocycles. The first-order valence-corrected chi connectivity index (χ1v) is 6.88. The van der Waals surface area contributed by atoms with Gasteiger partial charge in [-0.3, -0.25) is 4.68 Å². The van der Waals surface area contributed by atoms with E-state index in [4.69, 9.17) is 17.3 Å². The molecule has 0 bridgehead atoms. The monoisotopic (exact) mass is 277 g/mol. The zero-order chi connectivity index (χ0) is 14.0. The van der Waals surface area contributed by atoms with Crippen LogP contribution in [0.25, 0.3) is 0 Å². The molecule has 0 amide bonds. The Morgan fingerprint density at radius 2 is 2.11 bits per heavy atom. The van der Waals surface area contributed by atoms with Crippen LogP contribution < -0.4 is 5.73 Å². The first kappa shape index (κ1) is 14.1. The van der Waals surface area contributed by atoms with Crippen LogP contribution in [-0.4, -0.2) is 15.8 Å². The van der Waals surface area contributed by atoms with Crippen LogP contribution in [0.2, 0.25) is 5.02 Å². The summed E-state index contributed by atoms with van der Waals surface area (Å²) >= 11 is 6.01. The van der Waals surface area contributed by atoms with Gasteiger partial charge in [-0.15, -0.1) is 0 Å². The number of nitrogens with two attached hydrogens (primary N) is 1. The van der Waals surface area contributed by atoms with Crippen LogP contribution in [0, 0.1) is 13.8 Å². The highest BCUT2D eigenvalue weighted by atomic mass is 35.5. The molecule has 0 aliphatic heterocycles. The van der Waals surface area contributed by atoms with Crippen LogP contribution in [0.3, 0.4) is 0 Å². The lowest BCUT2D eigenvalue weighted by Gasteiger charge is -2.07. The number of benzene rings is 1. The molecule has 1 aromatic heterocycles. The van der Waals surface area contributed by atoms with Gasteiger partial charge >= 0.3 is 0 Å². The van der Waals surface area contributed by atoms with Crippen molar-refractivity contribution in [1.82, 2.24) is 9.78 Å². The van der Waals surface area contributed by atoms with Gasteiger partial charge in [-0.2, -0.15) is 5.10 Å². The van der Waals surface area contributed by atoms with Crippen molar-refractivity contribution in [3.05, 3.63) is 51.8 Å². The minimum Gasteiger partial charge on any atom is -0.328 e. The van der Waals surface area contributed by atoms with E-state index in [0.717, 1.165) is 29.2 Å². The summed E-state index contributed by atoms with van der Waals surface area (Å²) in [5.41, 5.74) is 10.6. The van der Waals surface area contributed by atoms with E-state index in [-0.39, 0.29) is 6.04 Å². The summed E-state index contributed by atoms with van der Waals surface area (Å²) in [5, 5.41) is 5.37. The molecule has 2 N–H and O–H groups in total. The van der Waals surface area contributed by atoms with E-state index in [1.54, 1.807) is 0 Å². The van der Waals surface area contributed by atoms with Gasteiger partial charge in [0.2, 0.25) is 0 Å². The second kappa shape index (κ2) is 5.76.